The van der Waals surface area contributed by atoms with Crippen molar-refractivity contribution in [2.24, 2.45) is 0 Å². The lowest BCUT2D eigenvalue weighted by atomic mass is 9.33. The first-order valence-electron chi connectivity index (χ1n) is 23.9. The Morgan fingerprint density at radius 2 is 0.952 bits per heavy atom. The Kier molecular flexibility index (Phi) is 8.96. The highest BCUT2D eigenvalue weighted by atomic mass is 15.2. The van der Waals surface area contributed by atoms with Crippen LogP contribution in [-0.2, 0) is 21.7 Å². The molecule has 7 aromatic rings. The number of nitrogens with zero attached hydrogens (tertiary/aromatic N) is 2. The van der Waals surface area contributed by atoms with E-state index < -0.39 is 12.3 Å². The van der Waals surface area contributed by atoms with Gasteiger partial charge >= 0.3 is 0 Å². The summed E-state index contributed by atoms with van der Waals surface area (Å²) in [5, 5.41) is 0. The summed E-state index contributed by atoms with van der Waals surface area (Å²) in [4.78, 5) is 5.06. The zero-order chi connectivity index (χ0) is 46.6. The van der Waals surface area contributed by atoms with Crippen molar-refractivity contribution in [2.45, 2.75) is 112 Å². The normalized spacial score (nSPS) is 14.7. The molecule has 0 amide bonds. The molecule has 0 aliphatic carbocycles. The number of aryl methyl sites for hydroxylation is 2. The van der Waals surface area contributed by atoms with Gasteiger partial charge in [-0.25, -0.2) is 0 Å². The zero-order valence-electron chi connectivity index (χ0n) is 41.8. The fourth-order valence-corrected chi connectivity index (χ4v) is 9.77. The third-order valence-corrected chi connectivity index (χ3v) is 13.6. The Labute approximate surface area is 377 Å². The van der Waals surface area contributed by atoms with Gasteiger partial charge in [0.25, 0.3) is 6.71 Å². The lowest BCUT2D eigenvalue weighted by molar-refractivity contribution is 0.590. The molecule has 2 nitrogen and oxygen atoms in total. The second-order valence-corrected chi connectivity index (χ2v) is 21.5. The van der Waals surface area contributed by atoms with Gasteiger partial charge in [0.15, 0.2) is 0 Å². The fourth-order valence-electron chi connectivity index (χ4n) is 9.77. The first kappa shape index (κ1) is 37.9. The van der Waals surface area contributed by atoms with Gasteiger partial charge in [0, 0.05) is 43.5 Å². The smallest absolute Gasteiger partial charge is 0.252 e. The van der Waals surface area contributed by atoms with Gasteiger partial charge in [-0.05, 0) is 128 Å². The van der Waals surface area contributed by atoms with Crippen LogP contribution in [0.25, 0.3) is 11.1 Å². The van der Waals surface area contributed by atoms with Crippen LogP contribution < -0.4 is 26.2 Å². The van der Waals surface area contributed by atoms with E-state index >= 15 is 0 Å². The largest absolute Gasteiger partial charge is 0.311 e. The minimum absolute atomic E-state index is 0.0281. The molecule has 0 radical (unpaired) electrons. The highest BCUT2D eigenvalue weighted by Crippen LogP contribution is 2.49. The summed E-state index contributed by atoms with van der Waals surface area (Å²) in [6.07, 6.45) is 0. The van der Waals surface area contributed by atoms with Gasteiger partial charge in [0.05, 0.1) is 5.69 Å². The molecule has 0 N–H and O–H groups in total. The molecule has 62 heavy (non-hydrogen) atoms. The van der Waals surface area contributed by atoms with Crippen molar-refractivity contribution < 1.29 is 4.11 Å². The predicted octanol–water partition coefficient (Wildman–Crippen LogP) is 14.3. The lowest BCUT2D eigenvalue weighted by Crippen LogP contribution is -2.61. The SMILES string of the molecule is [2H]C([2H])([2H])c1cccc(C(C)(C)c2ccc(-c3ccccc3)c(N3c4ccc(C(C)(C)C)cc4B4c5cc(C(C)(C)C)ccc5N(c5ccc(C(C)(C)C)cc5)c5cc(C)cc3c54)c2)c1. The summed E-state index contributed by atoms with van der Waals surface area (Å²) in [6, 6.07) is 53.6. The molecule has 2 aliphatic heterocycles. The number of rotatable bonds is 5. The van der Waals surface area contributed by atoms with Crippen molar-refractivity contribution in [3.8, 4) is 11.1 Å². The van der Waals surface area contributed by atoms with E-state index in [1.54, 1.807) is 6.07 Å². The van der Waals surface area contributed by atoms with Gasteiger partial charge in [0.1, 0.15) is 0 Å². The van der Waals surface area contributed by atoms with Crippen molar-refractivity contribution in [1.82, 2.24) is 0 Å². The molecule has 0 fully saturated rings. The molecule has 0 bridgehead atoms. The summed E-state index contributed by atoms with van der Waals surface area (Å²) in [6.45, 7) is 25.1. The highest BCUT2D eigenvalue weighted by Gasteiger charge is 2.45. The summed E-state index contributed by atoms with van der Waals surface area (Å²) in [7, 11) is 0. The summed E-state index contributed by atoms with van der Waals surface area (Å²) in [5.41, 5.74) is 20.0. The molecule has 9 rings (SSSR count). The van der Waals surface area contributed by atoms with Crippen LogP contribution in [0.2, 0.25) is 0 Å². The van der Waals surface area contributed by atoms with Gasteiger partial charge in [-0.15, -0.1) is 0 Å². The van der Waals surface area contributed by atoms with Crippen LogP contribution >= 0.6 is 0 Å². The molecular weight excluding hydrogens is 747 g/mol. The van der Waals surface area contributed by atoms with E-state index in [4.69, 9.17) is 4.11 Å². The van der Waals surface area contributed by atoms with E-state index in [1.807, 2.05) is 12.1 Å². The van der Waals surface area contributed by atoms with Crippen LogP contribution in [0.3, 0.4) is 0 Å². The Balaban J connectivity index is 1.38. The Morgan fingerprint density at radius 1 is 0.419 bits per heavy atom. The van der Waals surface area contributed by atoms with Crippen molar-refractivity contribution >= 4 is 57.2 Å². The van der Waals surface area contributed by atoms with Crippen LogP contribution in [0.15, 0.2) is 146 Å². The molecule has 0 aromatic heterocycles. The molecule has 0 atom stereocenters. The quantitative estimate of drug-likeness (QED) is 0.160. The second kappa shape index (κ2) is 14.7. The zero-order valence-corrected chi connectivity index (χ0v) is 38.8. The molecule has 0 unspecified atom stereocenters. The molecule has 2 heterocycles. The minimum atomic E-state index is -2.20. The van der Waals surface area contributed by atoms with E-state index in [0.717, 1.165) is 33.6 Å². The third-order valence-electron chi connectivity index (χ3n) is 13.6. The van der Waals surface area contributed by atoms with E-state index in [9.17, 15) is 0 Å². The molecule has 0 saturated heterocycles. The van der Waals surface area contributed by atoms with Crippen molar-refractivity contribution in [3.63, 3.8) is 0 Å². The van der Waals surface area contributed by atoms with Gasteiger partial charge in [0.2, 0.25) is 0 Å². The predicted molar refractivity (Wildman–Crippen MR) is 270 cm³/mol. The molecular formula is C59H63BN2. The monoisotopic (exact) mass is 814 g/mol. The van der Waals surface area contributed by atoms with E-state index in [2.05, 4.69) is 220 Å². The fraction of sp³-hybridized carbons (Fsp3) is 0.288. The van der Waals surface area contributed by atoms with Crippen molar-refractivity contribution in [1.29, 1.82) is 0 Å². The first-order chi connectivity index (χ1) is 30.4. The molecule has 7 aromatic carbocycles. The topological polar surface area (TPSA) is 6.48 Å². The number of anilines is 6. The average Bonchev–Trinajstić information content (AvgIpc) is 3.25. The molecule has 312 valence electrons. The van der Waals surface area contributed by atoms with Gasteiger partial charge < -0.3 is 9.80 Å². The van der Waals surface area contributed by atoms with Crippen LogP contribution in [0, 0.1) is 13.8 Å². The molecule has 2 aliphatic rings. The lowest BCUT2D eigenvalue weighted by Gasteiger charge is -2.45. The van der Waals surface area contributed by atoms with Crippen molar-refractivity contribution in [3.05, 3.63) is 185 Å². The van der Waals surface area contributed by atoms with E-state index in [1.165, 1.54) is 61.4 Å². The molecule has 3 heteroatoms. The third kappa shape index (κ3) is 7.08. The maximum atomic E-state index is 8.25. The average molecular weight is 814 g/mol. The standard InChI is InChI=1S/C59H63BN2/c1-38-18-17-21-44(32-38)59(12,13)45-24-29-47(40-19-15-14-16-20-40)52(37-45)62-51-31-26-43(58(9,10)11)36-49(51)60-48-35-42(57(6,7)8)25-30-50(48)61(53-33-39(2)34-54(62)55(53)60)46-27-22-41(23-28-46)56(3,4)5/h14-37H,1-13H3/i1D3. The summed E-state index contributed by atoms with van der Waals surface area (Å²) in [5.74, 6) is 0. The highest BCUT2D eigenvalue weighted by molar-refractivity contribution is 7.00. The van der Waals surface area contributed by atoms with Crippen LogP contribution in [0.1, 0.15) is 119 Å². The van der Waals surface area contributed by atoms with E-state index in [0.29, 0.717) is 5.56 Å². The minimum Gasteiger partial charge on any atom is -0.311 e. The Bertz CT molecular complexity index is 2960. The maximum absolute atomic E-state index is 8.25. The van der Waals surface area contributed by atoms with Crippen LogP contribution in [-0.4, -0.2) is 6.71 Å². The first-order valence-corrected chi connectivity index (χ1v) is 22.4. The van der Waals surface area contributed by atoms with E-state index in [-0.39, 0.29) is 23.0 Å². The Morgan fingerprint density at radius 3 is 1.53 bits per heavy atom. The number of fused-ring (bicyclic) bond motifs is 4. The summed E-state index contributed by atoms with van der Waals surface area (Å²) < 4.78 is 24.7. The van der Waals surface area contributed by atoms with Gasteiger partial charge in [-0.3, -0.25) is 0 Å². The molecule has 0 saturated carbocycles. The number of benzene rings is 7. The molecule has 0 spiro atoms. The van der Waals surface area contributed by atoms with Gasteiger partial charge in [-0.1, -0.05) is 185 Å². The Hall–Kier alpha value is -5.80. The maximum Gasteiger partial charge on any atom is 0.252 e. The van der Waals surface area contributed by atoms with Crippen LogP contribution in [0.4, 0.5) is 34.1 Å². The number of hydrogen-bond donors (Lipinski definition) is 0. The second-order valence-electron chi connectivity index (χ2n) is 21.5. The number of hydrogen-bond acceptors (Lipinski definition) is 2. The van der Waals surface area contributed by atoms with Crippen LogP contribution in [0.5, 0.6) is 0 Å². The summed E-state index contributed by atoms with van der Waals surface area (Å²) >= 11 is 0. The van der Waals surface area contributed by atoms with Crippen molar-refractivity contribution in [2.75, 3.05) is 9.80 Å². The van der Waals surface area contributed by atoms with Gasteiger partial charge in [-0.2, -0.15) is 0 Å².